The summed E-state index contributed by atoms with van der Waals surface area (Å²) < 4.78 is 10.7. The molecule has 2 aromatic carbocycles. The summed E-state index contributed by atoms with van der Waals surface area (Å²) in [4.78, 5) is 24.0. The molecule has 0 unspecified atom stereocenters. The molecule has 0 aliphatic carbocycles. The van der Waals surface area contributed by atoms with E-state index >= 15 is 0 Å². The second-order valence-corrected chi connectivity index (χ2v) is 5.80. The van der Waals surface area contributed by atoms with Gasteiger partial charge in [-0.3, -0.25) is 9.59 Å². The highest BCUT2D eigenvalue weighted by Gasteiger charge is 2.15. The molecule has 1 atom stereocenters. The van der Waals surface area contributed by atoms with Crippen molar-refractivity contribution in [3.8, 4) is 11.5 Å². The van der Waals surface area contributed by atoms with Crippen molar-refractivity contribution in [2.45, 2.75) is 32.8 Å². The van der Waals surface area contributed by atoms with Gasteiger partial charge in [0.2, 0.25) is 5.91 Å². The van der Waals surface area contributed by atoms with Crippen LogP contribution < -0.4 is 20.1 Å². The monoisotopic (exact) mass is 356 g/mol. The summed E-state index contributed by atoms with van der Waals surface area (Å²) >= 11 is 0. The van der Waals surface area contributed by atoms with Crippen LogP contribution in [0.1, 0.15) is 26.7 Å². The molecule has 0 bridgehead atoms. The highest BCUT2D eigenvalue weighted by Crippen LogP contribution is 2.19. The van der Waals surface area contributed by atoms with E-state index in [4.69, 9.17) is 9.47 Å². The van der Waals surface area contributed by atoms with Gasteiger partial charge < -0.3 is 20.1 Å². The molecule has 2 amide bonds. The number of carbonyl (C=O) groups excluding carboxylic acids is 2. The zero-order valence-corrected chi connectivity index (χ0v) is 15.2. The van der Waals surface area contributed by atoms with Gasteiger partial charge in [0, 0.05) is 17.8 Å². The van der Waals surface area contributed by atoms with Gasteiger partial charge in [0.25, 0.3) is 5.91 Å². The molecule has 0 spiro atoms. The van der Waals surface area contributed by atoms with E-state index in [-0.39, 0.29) is 11.8 Å². The Morgan fingerprint density at radius 1 is 1.00 bits per heavy atom. The van der Waals surface area contributed by atoms with Gasteiger partial charge in [-0.1, -0.05) is 13.0 Å². The summed E-state index contributed by atoms with van der Waals surface area (Å²) in [7, 11) is 1.59. The lowest BCUT2D eigenvalue weighted by molar-refractivity contribution is -0.122. The minimum atomic E-state index is -0.679. The molecule has 0 saturated heterocycles. The minimum Gasteiger partial charge on any atom is -0.497 e. The predicted octanol–water partition coefficient (Wildman–Crippen LogP) is 3.84. The number of hydrogen-bond donors (Lipinski definition) is 2. The van der Waals surface area contributed by atoms with E-state index in [0.717, 1.165) is 12.2 Å². The van der Waals surface area contributed by atoms with Crippen molar-refractivity contribution in [3.05, 3.63) is 48.5 Å². The lowest BCUT2D eigenvalue weighted by Gasteiger charge is -2.15. The first-order valence-corrected chi connectivity index (χ1v) is 8.53. The average Bonchev–Trinajstić information content (AvgIpc) is 2.62. The zero-order chi connectivity index (χ0) is 18.9. The summed E-state index contributed by atoms with van der Waals surface area (Å²) in [6.45, 7) is 3.62. The van der Waals surface area contributed by atoms with Gasteiger partial charge >= 0.3 is 0 Å². The summed E-state index contributed by atoms with van der Waals surface area (Å²) in [6, 6.07) is 14.0. The van der Waals surface area contributed by atoms with Crippen LogP contribution in [0, 0.1) is 0 Å². The van der Waals surface area contributed by atoms with Crippen LogP contribution in [0.3, 0.4) is 0 Å². The van der Waals surface area contributed by atoms with Crippen LogP contribution in [0.15, 0.2) is 48.5 Å². The second kappa shape index (κ2) is 9.46. The smallest absolute Gasteiger partial charge is 0.265 e. The third-order valence-electron chi connectivity index (χ3n) is 3.63. The summed E-state index contributed by atoms with van der Waals surface area (Å²) in [5, 5.41) is 5.59. The first-order valence-electron chi connectivity index (χ1n) is 8.53. The van der Waals surface area contributed by atoms with Gasteiger partial charge in [-0.05, 0) is 55.8 Å². The number of benzene rings is 2. The van der Waals surface area contributed by atoms with Crippen molar-refractivity contribution in [3.63, 3.8) is 0 Å². The van der Waals surface area contributed by atoms with Crippen molar-refractivity contribution in [2.24, 2.45) is 0 Å². The van der Waals surface area contributed by atoms with Crippen molar-refractivity contribution < 1.29 is 19.1 Å². The molecule has 26 heavy (non-hydrogen) atoms. The molecule has 6 heteroatoms. The molecule has 2 aromatic rings. The number of rotatable bonds is 8. The van der Waals surface area contributed by atoms with Crippen LogP contribution in [0.4, 0.5) is 11.4 Å². The van der Waals surface area contributed by atoms with E-state index < -0.39 is 6.10 Å². The van der Waals surface area contributed by atoms with Gasteiger partial charge in [0.05, 0.1) is 7.11 Å². The maximum absolute atomic E-state index is 12.3. The number of amides is 2. The second-order valence-electron chi connectivity index (χ2n) is 5.80. The Labute approximate surface area is 153 Å². The predicted molar refractivity (Wildman–Crippen MR) is 102 cm³/mol. The number of nitrogens with one attached hydrogen (secondary N) is 2. The Hall–Kier alpha value is -3.02. The van der Waals surface area contributed by atoms with Crippen LogP contribution in [0.2, 0.25) is 0 Å². The van der Waals surface area contributed by atoms with E-state index in [1.807, 2.05) is 6.92 Å². The van der Waals surface area contributed by atoms with Gasteiger partial charge in [0.1, 0.15) is 11.5 Å². The number of hydrogen-bond acceptors (Lipinski definition) is 4. The van der Waals surface area contributed by atoms with Crippen LogP contribution in [0.25, 0.3) is 0 Å². The maximum atomic E-state index is 12.3. The Balaban J connectivity index is 1.94. The average molecular weight is 356 g/mol. The fourth-order valence-corrected chi connectivity index (χ4v) is 2.28. The van der Waals surface area contributed by atoms with Crippen LogP contribution in [-0.2, 0) is 9.59 Å². The third-order valence-corrected chi connectivity index (χ3v) is 3.63. The topological polar surface area (TPSA) is 76.7 Å². The highest BCUT2D eigenvalue weighted by atomic mass is 16.5. The molecule has 2 N–H and O–H groups in total. The van der Waals surface area contributed by atoms with Crippen LogP contribution in [-0.4, -0.2) is 25.0 Å². The first kappa shape index (κ1) is 19.3. The molecular weight excluding hydrogens is 332 g/mol. The Morgan fingerprint density at radius 3 is 2.23 bits per heavy atom. The molecule has 0 fully saturated rings. The number of anilines is 2. The summed E-state index contributed by atoms with van der Waals surface area (Å²) in [6.07, 6.45) is 0.563. The summed E-state index contributed by atoms with van der Waals surface area (Å²) in [5.41, 5.74) is 1.24. The van der Waals surface area contributed by atoms with Gasteiger partial charge in [-0.2, -0.15) is 0 Å². The SMILES string of the molecule is CCCC(=O)Nc1cccc(NC(=O)[C@@H](C)Oc2ccc(OC)cc2)c1. The fraction of sp³-hybridized carbons (Fsp3) is 0.300. The van der Waals surface area contributed by atoms with Gasteiger partial charge in [-0.15, -0.1) is 0 Å². The molecule has 0 aromatic heterocycles. The Morgan fingerprint density at radius 2 is 1.62 bits per heavy atom. The summed E-state index contributed by atoms with van der Waals surface area (Å²) in [5.74, 6) is 0.968. The van der Waals surface area contributed by atoms with E-state index in [1.165, 1.54) is 0 Å². The number of methoxy groups -OCH3 is 1. The molecular formula is C20H24N2O4. The Bertz CT molecular complexity index is 744. The standard InChI is InChI=1S/C20H24N2O4/c1-4-6-19(23)21-15-7-5-8-16(13-15)22-20(24)14(2)26-18-11-9-17(25-3)10-12-18/h5,7-14H,4,6H2,1-3H3,(H,21,23)(H,22,24)/t14-/m1/s1. The molecule has 0 radical (unpaired) electrons. The van der Waals surface area contributed by atoms with Crippen molar-refractivity contribution in [2.75, 3.05) is 17.7 Å². The molecule has 2 rings (SSSR count). The van der Waals surface area contributed by atoms with E-state index in [9.17, 15) is 9.59 Å². The number of carbonyl (C=O) groups is 2. The lowest BCUT2D eigenvalue weighted by Crippen LogP contribution is -2.30. The normalized spacial score (nSPS) is 11.3. The quantitative estimate of drug-likeness (QED) is 0.753. The largest absolute Gasteiger partial charge is 0.497 e. The van der Waals surface area contributed by atoms with Crippen molar-refractivity contribution in [1.82, 2.24) is 0 Å². The lowest BCUT2D eigenvalue weighted by atomic mass is 10.2. The molecule has 0 saturated carbocycles. The molecule has 0 aliphatic rings. The zero-order valence-electron chi connectivity index (χ0n) is 15.2. The molecule has 0 heterocycles. The molecule has 0 aliphatic heterocycles. The first-order chi connectivity index (χ1) is 12.5. The van der Waals surface area contributed by atoms with Crippen molar-refractivity contribution in [1.29, 1.82) is 0 Å². The van der Waals surface area contributed by atoms with Crippen LogP contribution in [0.5, 0.6) is 11.5 Å². The number of ether oxygens (including phenoxy) is 2. The Kier molecular flexibility index (Phi) is 7.02. The van der Waals surface area contributed by atoms with Crippen molar-refractivity contribution >= 4 is 23.2 Å². The molecule has 6 nitrogen and oxygen atoms in total. The van der Waals surface area contributed by atoms with Crippen LogP contribution >= 0.6 is 0 Å². The van der Waals surface area contributed by atoms with E-state index in [2.05, 4.69) is 10.6 Å². The highest BCUT2D eigenvalue weighted by molar-refractivity contribution is 5.96. The minimum absolute atomic E-state index is 0.0489. The van der Waals surface area contributed by atoms with E-state index in [0.29, 0.717) is 23.5 Å². The van der Waals surface area contributed by atoms with Gasteiger partial charge in [0.15, 0.2) is 6.10 Å². The van der Waals surface area contributed by atoms with Gasteiger partial charge in [-0.25, -0.2) is 0 Å². The third kappa shape index (κ3) is 5.81. The van der Waals surface area contributed by atoms with E-state index in [1.54, 1.807) is 62.6 Å². The fourth-order valence-electron chi connectivity index (χ4n) is 2.28. The maximum Gasteiger partial charge on any atom is 0.265 e. The molecule has 138 valence electrons.